The maximum Gasteiger partial charge on any atom is 0.0595 e. The third-order valence-corrected chi connectivity index (χ3v) is 5.77. The monoisotopic (exact) mass is 327 g/mol. The molecule has 0 spiro atoms. The van der Waals surface area contributed by atoms with Crippen LogP contribution in [-0.2, 0) is 5.41 Å². The zero-order chi connectivity index (χ0) is 15.5. The molecule has 1 aromatic rings. The van der Waals surface area contributed by atoms with Gasteiger partial charge in [0.1, 0.15) is 0 Å². The van der Waals surface area contributed by atoms with Crippen molar-refractivity contribution in [2.24, 2.45) is 5.41 Å². The van der Waals surface area contributed by atoms with Gasteiger partial charge < -0.3 is 5.32 Å². The van der Waals surface area contributed by atoms with Gasteiger partial charge in [0.05, 0.1) is 10.0 Å². The van der Waals surface area contributed by atoms with Crippen LogP contribution in [0.1, 0.15) is 57.9 Å². The molecule has 1 aromatic carbocycles. The Morgan fingerprint density at radius 3 is 2.14 bits per heavy atom. The molecule has 118 valence electrons. The van der Waals surface area contributed by atoms with Crippen molar-refractivity contribution in [3.8, 4) is 0 Å². The lowest BCUT2D eigenvalue weighted by atomic mass is 9.48. The first-order chi connectivity index (χ1) is 10.0. The average Bonchev–Trinajstić information content (AvgIpc) is 2.40. The van der Waals surface area contributed by atoms with E-state index in [0.717, 1.165) is 6.54 Å². The molecule has 0 aromatic heterocycles. The van der Waals surface area contributed by atoms with Crippen LogP contribution in [0.25, 0.3) is 0 Å². The second-order valence-corrected chi connectivity index (χ2v) is 7.61. The molecule has 0 radical (unpaired) electrons. The van der Waals surface area contributed by atoms with Gasteiger partial charge in [0, 0.05) is 12.0 Å². The smallest absolute Gasteiger partial charge is 0.0595 e. The van der Waals surface area contributed by atoms with E-state index >= 15 is 0 Å². The molecule has 3 heteroatoms. The molecular formula is C18H27Cl2N. The Labute approximate surface area is 139 Å². The summed E-state index contributed by atoms with van der Waals surface area (Å²) in [4.78, 5) is 0. The lowest BCUT2D eigenvalue weighted by Gasteiger charge is -2.57. The Morgan fingerprint density at radius 1 is 1.05 bits per heavy atom. The van der Waals surface area contributed by atoms with Gasteiger partial charge >= 0.3 is 0 Å². The summed E-state index contributed by atoms with van der Waals surface area (Å²) in [5, 5.41) is 4.71. The molecule has 21 heavy (non-hydrogen) atoms. The lowest BCUT2D eigenvalue weighted by molar-refractivity contribution is 0.00389. The van der Waals surface area contributed by atoms with E-state index in [1.165, 1.54) is 44.1 Å². The molecule has 0 bridgehead atoms. The van der Waals surface area contributed by atoms with Crippen molar-refractivity contribution in [1.29, 1.82) is 0 Å². The van der Waals surface area contributed by atoms with Gasteiger partial charge in [0.15, 0.2) is 0 Å². The van der Waals surface area contributed by atoms with Gasteiger partial charge in [-0.3, -0.25) is 0 Å². The molecule has 0 atom stereocenters. The summed E-state index contributed by atoms with van der Waals surface area (Å²) >= 11 is 12.3. The van der Waals surface area contributed by atoms with Crippen molar-refractivity contribution in [3.63, 3.8) is 0 Å². The lowest BCUT2D eigenvalue weighted by Crippen LogP contribution is -2.54. The van der Waals surface area contributed by atoms with Gasteiger partial charge in [-0.2, -0.15) is 0 Å². The first kappa shape index (κ1) is 17.1. The summed E-state index contributed by atoms with van der Waals surface area (Å²) < 4.78 is 0. The van der Waals surface area contributed by atoms with Crippen LogP contribution in [0, 0.1) is 5.41 Å². The fourth-order valence-corrected chi connectivity index (χ4v) is 4.82. The Hall–Kier alpha value is -0.240. The van der Waals surface area contributed by atoms with Gasteiger partial charge in [0.2, 0.25) is 0 Å². The minimum Gasteiger partial charge on any atom is -0.319 e. The quantitative estimate of drug-likeness (QED) is 0.664. The molecule has 1 N–H and O–H groups in total. The normalized spacial score (nSPS) is 19.3. The molecule has 1 fully saturated rings. The van der Waals surface area contributed by atoms with E-state index in [1.54, 1.807) is 0 Å². The molecule has 1 aliphatic carbocycles. The minimum absolute atomic E-state index is 0.229. The Kier molecular flexibility index (Phi) is 5.62. The Balaban J connectivity index is 2.25. The van der Waals surface area contributed by atoms with E-state index in [1.807, 2.05) is 13.1 Å². The van der Waals surface area contributed by atoms with E-state index in [9.17, 15) is 0 Å². The number of likely N-dealkylation sites (N-methyl/N-ethyl adjacent to an activating group) is 1. The maximum atomic E-state index is 6.24. The highest BCUT2D eigenvalue weighted by Crippen LogP contribution is 2.60. The number of rotatable bonds is 7. The SMILES string of the molecule is CCCC1(CCC)CC(CNC)(c2ccc(Cl)c(Cl)c2)C1. The van der Waals surface area contributed by atoms with Gasteiger partial charge in [-0.25, -0.2) is 0 Å². The minimum atomic E-state index is 0.229. The van der Waals surface area contributed by atoms with Gasteiger partial charge in [0.25, 0.3) is 0 Å². The molecule has 0 unspecified atom stereocenters. The Bertz CT molecular complexity index is 470. The van der Waals surface area contributed by atoms with Gasteiger partial charge in [-0.1, -0.05) is 56.0 Å². The first-order valence-electron chi connectivity index (χ1n) is 8.11. The van der Waals surface area contributed by atoms with Crippen LogP contribution in [0.15, 0.2) is 18.2 Å². The third kappa shape index (κ3) is 3.41. The zero-order valence-corrected chi connectivity index (χ0v) is 14.9. The fourth-order valence-electron chi connectivity index (χ4n) is 4.52. The van der Waals surface area contributed by atoms with Crippen molar-refractivity contribution in [1.82, 2.24) is 5.32 Å². The molecule has 1 saturated carbocycles. The summed E-state index contributed by atoms with van der Waals surface area (Å²) in [7, 11) is 2.04. The summed E-state index contributed by atoms with van der Waals surface area (Å²) in [5.74, 6) is 0. The van der Waals surface area contributed by atoms with Crippen LogP contribution in [0.3, 0.4) is 0 Å². The molecule has 0 amide bonds. The summed E-state index contributed by atoms with van der Waals surface area (Å²) in [6.07, 6.45) is 7.76. The van der Waals surface area contributed by atoms with E-state index in [-0.39, 0.29) is 5.41 Å². The van der Waals surface area contributed by atoms with Crippen LogP contribution >= 0.6 is 23.2 Å². The van der Waals surface area contributed by atoms with Gasteiger partial charge in [-0.05, 0) is 55.8 Å². The topological polar surface area (TPSA) is 12.0 Å². The van der Waals surface area contributed by atoms with Crippen molar-refractivity contribution < 1.29 is 0 Å². The van der Waals surface area contributed by atoms with Crippen LogP contribution in [0.2, 0.25) is 10.0 Å². The van der Waals surface area contributed by atoms with E-state index in [0.29, 0.717) is 15.5 Å². The summed E-state index contributed by atoms with van der Waals surface area (Å²) in [6, 6.07) is 6.17. The number of halogens is 2. The average molecular weight is 328 g/mol. The molecule has 0 heterocycles. The van der Waals surface area contributed by atoms with Crippen molar-refractivity contribution in [2.45, 2.75) is 57.8 Å². The number of nitrogens with one attached hydrogen (secondary N) is 1. The van der Waals surface area contributed by atoms with E-state index in [2.05, 4.69) is 31.3 Å². The highest BCUT2D eigenvalue weighted by molar-refractivity contribution is 6.42. The van der Waals surface area contributed by atoms with E-state index < -0.39 is 0 Å². The number of benzene rings is 1. The number of hydrogen-bond acceptors (Lipinski definition) is 1. The van der Waals surface area contributed by atoms with Crippen LogP contribution in [0.4, 0.5) is 0 Å². The van der Waals surface area contributed by atoms with Crippen LogP contribution in [-0.4, -0.2) is 13.6 Å². The van der Waals surface area contributed by atoms with Crippen molar-refractivity contribution in [3.05, 3.63) is 33.8 Å². The summed E-state index contributed by atoms with van der Waals surface area (Å²) in [6.45, 7) is 5.61. The number of hydrogen-bond donors (Lipinski definition) is 1. The first-order valence-corrected chi connectivity index (χ1v) is 8.86. The van der Waals surface area contributed by atoms with Gasteiger partial charge in [-0.15, -0.1) is 0 Å². The Morgan fingerprint density at radius 2 is 1.67 bits per heavy atom. The van der Waals surface area contributed by atoms with E-state index in [4.69, 9.17) is 23.2 Å². The fraction of sp³-hybridized carbons (Fsp3) is 0.667. The van der Waals surface area contributed by atoms with Crippen molar-refractivity contribution >= 4 is 23.2 Å². The standard InChI is InChI=1S/C18H27Cl2N/c1-4-8-17(9-5-2)11-18(12-17,13-21-3)14-6-7-15(19)16(20)10-14/h6-7,10,21H,4-5,8-9,11-13H2,1-3H3. The molecule has 0 saturated heterocycles. The van der Waals surface area contributed by atoms with Crippen LogP contribution in [0.5, 0.6) is 0 Å². The largest absolute Gasteiger partial charge is 0.319 e. The zero-order valence-electron chi connectivity index (χ0n) is 13.4. The van der Waals surface area contributed by atoms with Crippen molar-refractivity contribution in [2.75, 3.05) is 13.6 Å². The second kappa shape index (κ2) is 6.89. The molecular weight excluding hydrogens is 301 g/mol. The predicted octanol–water partition coefficient (Wildman–Crippen LogP) is 5.83. The highest BCUT2D eigenvalue weighted by Gasteiger charge is 2.53. The molecule has 2 rings (SSSR count). The van der Waals surface area contributed by atoms with Crippen LogP contribution < -0.4 is 5.32 Å². The summed E-state index contributed by atoms with van der Waals surface area (Å²) in [5.41, 5.74) is 2.11. The molecule has 0 aliphatic heterocycles. The third-order valence-electron chi connectivity index (χ3n) is 5.03. The molecule has 1 aliphatic rings. The predicted molar refractivity (Wildman–Crippen MR) is 93.5 cm³/mol. The maximum absolute atomic E-state index is 6.24. The second-order valence-electron chi connectivity index (χ2n) is 6.79. The highest BCUT2D eigenvalue weighted by atomic mass is 35.5. The molecule has 1 nitrogen and oxygen atoms in total.